The van der Waals surface area contributed by atoms with Gasteiger partial charge in [-0.3, -0.25) is 0 Å². The van der Waals surface area contributed by atoms with Crippen molar-refractivity contribution in [3.63, 3.8) is 0 Å². The lowest BCUT2D eigenvalue weighted by Crippen LogP contribution is -2.18. The maximum Gasteiger partial charge on any atom is 0.159 e. The molecule has 3 unspecified atom stereocenters. The number of hydrogen-bond donors (Lipinski definition) is 0. The van der Waals surface area contributed by atoms with Gasteiger partial charge in [0.2, 0.25) is 0 Å². The second kappa shape index (κ2) is 5.32. The SMILES string of the molecule is CC1CC(C(Cl)Cc2ccc(F)c(F)c2)CO1. The van der Waals surface area contributed by atoms with Crippen molar-refractivity contribution < 1.29 is 13.5 Å². The molecule has 1 aliphatic rings. The highest BCUT2D eigenvalue weighted by atomic mass is 35.5. The Hall–Kier alpha value is -0.670. The fraction of sp³-hybridized carbons (Fsp3) is 0.538. The maximum atomic E-state index is 13.0. The second-order valence-electron chi connectivity index (χ2n) is 4.61. The first kappa shape index (κ1) is 12.8. The molecule has 1 nitrogen and oxygen atoms in total. The van der Waals surface area contributed by atoms with Crippen molar-refractivity contribution >= 4 is 11.6 Å². The first-order chi connectivity index (χ1) is 8.06. The number of ether oxygens (including phenoxy) is 1. The van der Waals surface area contributed by atoms with E-state index in [-0.39, 0.29) is 11.5 Å². The molecule has 0 bridgehead atoms. The summed E-state index contributed by atoms with van der Waals surface area (Å²) in [6, 6.07) is 3.93. The molecule has 1 aliphatic heterocycles. The van der Waals surface area contributed by atoms with E-state index in [2.05, 4.69) is 0 Å². The third-order valence-corrected chi connectivity index (χ3v) is 3.67. The molecule has 1 aromatic rings. The van der Waals surface area contributed by atoms with Gasteiger partial charge in [0.1, 0.15) is 0 Å². The quantitative estimate of drug-likeness (QED) is 0.756. The Balaban J connectivity index is 1.98. The molecule has 0 N–H and O–H groups in total. The average molecular weight is 261 g/mol. The molecule has 1 aromatic carbocycles. The Morgan fingerprint density at radius 2 is 2.18 bits per heavy atom. The van der Waals surface area contributed by atoms with E-state index in [9.17, 15) is 8.78 Å². The van der Waals surface area contributed by atoms with E-state index in [1.165, 1.54) is 6.07 Å². The zero-order valence-corrected chi connectivity index (χ0v) is 10.4. The van der Waals surface area contributed by atoms with Crippen molar-refractivity contribution in [1.82, 2.24) is 0 Å². The van der Waals surface area contributed by atoms with Crippen LogP contribution in [0.4, 0.5) is 8.78 Å². The van der Waals surface area contributed by atoms with E-state index in [4.69, 9.17) is 16.3 Å². The summed E-state index contributed by atoms with van der Waals surface area (Å²) in [5.41, 5.74) is 0.725. The number of halogens is 3. The van der Waals surface area contributed by atoms with Crippen molar-refractivity contribution in [2.45, 2.75) is 31.2 Å². The highest BCUT2D eigenvalue weighted by Crippen LogP contribution is 2.28. The van der Waals surface area contributed by atoms with Crippen LogP contribution in [0.25, 0.3) is 0 Å². The van der Waals surface area contributed by atoms with Gasteiger partial charge in [-0.2, -0.15) is 0 Å². The highest BCUT2D eigenvalue weighted by molar-refractivity contribution is 6.20. The first-order valence-corrected chi connectivity index (χ1v) is 6.19. The van der Waals surface area contributed by atoms with E-state index < -0.39 is 11.6 Å². The summed E-state index contributed by atoms with van der Waals surface area (Å²) in [6.45, 7) is 2.67. The predicted molar refractivity (Wildman–Crippen MR) is 63.2 cm³/mol. The van der Waals surface area contributed by atoms with E-state index in [0.29, 0.717) is 18.9 Å². The lowest BCUT2D eigenvalue weighted by molar-refractivity contribution is 0.120. The van der Waals surface area contributed by atoms with Gasteiger partial charge in [0.05, 0.1) is 12.7 Å². The van der Waals surface area contributed by atoms with E-state index >= 15 is 0 Å². The van der Waals surface area contributed by atoms with Crippen molar-refractivity contribution in [3.05, 3.63) is 35.4 Å². The molecular formula is C13H15ClF2O. The van der Waals surface area contributed by atoms with Crippen LogP contribution < -0.4 is 0 Å². The molecule has 0 saturated carbocycles. The normalized spacial score (nSPS) is 26.1. The monoisotopic (exact) mass is 260 g/mol. The Morgan fingerprint density at radius 3 is 2.76 bits per heavy atom. The fourth-order valence-electron chi connectivity index (χ4n) is 2.16. The molecule has 0 radical (unpaired) electrons. The van der Waals surface area contributed by atoms with Crippen LogP contribution in [-0.2, 0) is 11.2 Å². The van der Waals surface area contributed by atoms with E-state index in [0.717, 1.165) is 18.1 Å². The van der Waals surface area contributed by atoms with Crippen molar-refractivity contribution in [1.29, 1.82) is 0 Å². The second-order valence-corrected chi connectivity index (χ2v) is 5.17. The van der Waals surface area contributed by atoms with Gasteiger partial charge in [0, 0.05) is 11.3 Å². The van der Waals surface area contributed by atoms with Gasteiger partial charge < -0.3 is 4.74 Å². The molecule has 94 valence electrons. The number of benzene rings is 1. The summed E-state index contributed by atoms with van der Waals surface area (Å²) in [5.74, 6) is -1.35. The number of rotatable bonds is 3. The van der Waals surface area contributed by atoms with Crippen LogP contribution in [0, 0.1) is 17.6 Å². The molecule has 1 fully saturated rings. The van der Waals surface area contributed by atoms with Gasteiger partial charge in [-0.25, -0.2) is 8.78 Å². The smallest absolute Gasteiger partial charge is 0.159 e. The Kier molecular flexibility index (Phi) is 4.00. The zero-order chi connectivity index (χ0) is 12.4. The molecule has 3 atom stereocenters. The summed E-state index contributed by atoms with van der Waals surface area (Å²) in [5, 5.41) is -0.0928. The largest absolute Gasteiger partial charge is 0.378 e. The molecule has 2 rings (SSSR count). The molecule has 1 saturated heterocycles. The molecular weight excluding hydrogens is 246 g/mol. The summed E-state index contributed by atoms with van der Waals surface area (Å²) in [7, 11) is 0. The molecule has 0 aromatic heterocycles. The third kappa shape index (κ3) is 3.17. The number of hydrogen-bond acceptors (Lipinski definition) is 1. The van der Waals surface area contributed by atoms with Crippen molar-refractivity contribution in [3.8, 4) is 0 Å². The van der Waals surface area contributed by atoms with Gasteiger partial charge in [-0.15, -0.1) is 11.6 Å². The summed E-state index contributed by atoms with van der Waals surface area (Å²) in [6.07, 6.45) is 1.71. The van der Waals surface area contributed by atoms with Crippen molar-refractivity contribution in [2.75, 3.05) is 6.61 Å². The van der Waals surface area contributed by atoms with Gasteiger partial charge in [-0.05, 0) is 37.5 Å². The maximum absolute atomic E-state index is 13.0. The van der Waals surface area contributed by atoms with Gasteiger partial charge >= 0.3 is 0 Å². The summed E-state index contributed by atoms with van der Waals surface area (Å²) in [4.78, 5) is 0. The van der Waals surface area contributed by atoms with Crippen LogP contribution in [0.3, 0.4) is 0 Å². The average Bonchev–Trinajstić information content (AvgIpc) is 2.70. The first-order valence-electron chi connectivity index (χ1n) is 5.76. The summed E-state index contributed by atoms with van der Waals surface area (Å²) < 4.78 is 31.2. The van der Waals surface area contributed by atoms with Crippen LogP contribution in [0.1, 0.15) is 18.9 Å². The van der Waals surface area contributed by atoms with Crippen molar-refractivity contribution in [2.24, 2.45) is 5.92 Å². The molecule has 0 amide bonds. The van der Waals surface area contributed by atoms with Crippen LogP contribution in [0.15, 0.2) is 18.2 Å². The predicted octanol–water partition coefficient (Wildman–Crippen LogP) is 3.54. The lowest BCUT2D eigenvalue weighted by Gasteiger charge is -2.15. The fourth-order valence-corrected chi connectivity index (χ4v) is 2.51. The highest BCUT2D eigenvalue weighted by Gasteiger charge is 2.28. The van der Waals surface area contributed by atoms with Crippen LogP contribution in [-0.4, -0.2) is 18.1 Å². The van der Waals surface area contributed by atoms with Gasteiger partial charge in [0.25, 0.3) is 0 Å². The van der Waals surface area contributed by atoms with E-state index in [1.54, 1.807) is 6.07 Å². The van der Waals surface area contributed by atoms with Crippen LogP contribution in [0.2, 0.25) is 0 Å². The zero-order valence-electron chi connectivity index (χ0n) is 9.63. The molecule has 0 aliphatic carbocycles. The van der Waals surface area contributed by atoms with Gasteiger partial charge in [-0.1, -0.05) is 6.07 Å². The van der Waals surface area contributed by atoms with E-state index in [1.807, 2.05) is 6.92 Å². The third-order valence-electron chi connectivity index (χ3n) is 3.16. The standard InChI is InChI=1S/C13H15ClF2O/c1-8-4-10(7-17-8)11(14)5-9-2-3-12(15)13(16)6-9/h2-3,6,8,10-11H,4-5,7H2,1H3. The number of alkyl halides is 1. The Morgan fingerprint density at radius 1 is 1.41 bits per heavy atom. The molecule has 0 spiro atoms. The molecule has 17 heavy (non-hydrogen) atoms. The minimum atomic E-state index is -0.822. The Labute approximate surface area is 105 Å². The minimum absolute atomic E-state index is 0.0928. The lowest BCUT2D eigenvalue weighted by atomic mass is 9.96. The summed E-state index contributed by atoms with van der Waals surface area (Å²) >= 11 is 6.28. The minimum Gasteiger partial charge on any atom is -0.378 e. The molecule has 4 heteroatoms. The van der Waals surface area contributed by atoms with Crippen LogP contribution >= 0.6 is 11.6 Å². The topological polar surface area (TPSA) is 9.23 Å². The van der Waals surface area contributed by atoms with Gasteiger partial charge in [0.15, 0.2) is 11.6 Å². The van der Waals surface area contributed by atoms with Crippen LogP contribution in [0.5, 0.6) is 0 Å². The molecule has 1 heterocycles. The Bertz CT molecular complexity index is 397.